The van der Waals surface area contributed by atoms with Crippen LogP contribution in [-0.4, -0.2) is 13.2 Å². The molecule has 0 heterocycles. The van der Waals surface area contributed by atoms with E-state index < -0.39 is 0 Å². The summed E-state index contributed by atoms with van der Waals surface area (Å²) in [5, 5.41) is 4.29. The number of ether oxygens (including phenoxy) is 1. The van der Waals surface area contributed by atoms with Gasteiger partial charge in [-0.1, -0.05) is 38.3 Å². The lowest BCUT2D eigenvalue weighted by molar-refractivity contribution is 0.403. The van der Waals surface area contributed by atoms with E-state index in [9.17, 15) is 0 Å². The third kappa shape index (κ3) is 6.31. The van der Waals surface area contributed by atoms with Crippen LogP contribution in [-0.2, 0) is 6.54 Å². The topological polar surface area (TPSA) is 21.3 Å². The molecular formula is C16H26ClNO. The minimum absolute atomic E-state index is 0.516. The largest absolute Gasteiger partial charge is 0.496 e. The predicted molar refractivity (Wildman–Crippen MR) is 83.0 cm³/mol. The van der Waals surface area contributed by atoms with Crippen LogP contribution in [0.15, 0.2) is 18.2 Å². The lowest BCUT2D eigenvalue weighted by Crippen LogP contribution is -2.25. The molecule has 0 saturated heterocycles. The Bertz CT molecular complexity index is 379. The average molecular weight is 284 g/mol. The van der Waals surface area contributed by atoms with Gasteiger partial charge in [0.25, 0.3) is 0 Å². The normalized spacial score (nSPS) is 12.7. The second kappa shape index (κ2) is 8.44. The molecule has 0 aromatic heterocycles. The maximum absolute atomic E-state index is 6.02. The van der Waals surface area contributed by atoms with Crippen LogP contribution in [0.25, 0.3) is 0 Å². The van der Waals surface area contributed by atoms with Crippen molar-refractivity contribution in [1.29, 1.82) is 0 Å². The molecule has 1 aromatic rings. The highest BCUT2D eigenvalue weighted by molar-refractivity contribution is 6.30. The first kappa shape index (κ1) is 16.3. The second-order valence-electron chi connectivity index (χ2n) is 5.56. The molecule has 3 heteroatoms. The molecule has 0 spiro atoms. The van der Waals surface area contributed by atoms with Crippen molar-refractivity contribution in [2.24, 2.45) is 5.92 Å². The third-order valence-electron chi connectivity index (χ3n) is 3.30. The summed E-state index contributed by atoms with van der Waals surface area (Å²) in [6, 6.07) is 6.26. The number of nitrogens with one attached hydrogen (secondary N) is 1. The van der Waals surface area contributed by atoms with E-state index in [0.29, 0.717) is 6.04 Å². The molecule has 0 amide bonds. The lowest BCUT2D eigenvalue weighted by Gasteiger charge is -2.16. The van der Waals surface area contributed by atoms with Crippen LogP contribution >= 0.6 is 11.6 Å². The minimum Gasteiger partial charge on any atom is -0.496 e. The number of rotatable bonds is 8. The van der Waals surface area contributed by atoms with Crippen molar-refractivity contribution in [3.8, 4) is 5.75 Å². The van der Waals surface area contributed by atoms with E-state index in [2.05, 4.69) is 26.1 Å². The Kier molecular flexibility index (Phi) is 7.25. The molecule has 1 rings (SSSR count). The Morgan fingerprint density at radius 3 is 2.58 bits per heavy atom. The molecule has 1 N–H and O–H groups in total. The maximum atomic E-state index is 6.02. The fourth-order valence-corrected chi connectivity index (χ4v) is 2.30. The summed E-state index contributed by atoms with van der Waals surface area (Å²) in [5.74, 6) is 1.69. The molecule has 0 saturated carbocycles. The van der Waals surface area contributed by atoms with E-state index in [-0.39, 0.29) is 0 Å². The number of methoxy groups -OCH3 is 1. The fourth-order valence-electron chi connectivity index (χ4n) is 2.10. The molecule has 0 aliphatic heterocycles. The molecule has 1 unspecified atom stereocenters. The van der Waals surface area contributed by atoms with Crippen LogP contribution in [0.5, 0.6) is 5.75 Å². The molecule has 0 aliphatic rings. The highest BCUT2D eigenvalue weighted by Gasteiger charge is 2.07. The first-order chi connectivity index (χ1) is 9.02. The summed E-state index contributed by atoms with van der Waals surface area (Å²) < 4.78 is 5.35. The minimum atomic E-state index is 0.516. The third-order valence-corrected chi connectivity index (χ3v) is 3.54. The summed E-state index contributed by atoms with van der Waals surface area (Å²) in [6.07, 6.45) is 3.78. The van der Waals surface area contributed by atoms with E-state index >= 15 is 0 Å². The molecule has 108 valence electrons. The van der Waals surface area contributed by atoms with Gasteiger partial charge in [0.15, 0.2) is 0 Å². The van der Waals surface area contributed by atoms with Gasteiger partial charge in [0.1, 0.15) is 5.75 Å². The lowest BCUT2D eigenvalue weighted by atomic mass is 10.0. The van der Waals surface area contributed by atoms with Crippen LogP contribution in [0.2, 0.25) is 5.02 Å². The van der Waals surface area contributed by atoms with Crippen molar-refractivity contribution in [1.82, 2.24) is 5.32 Å². The zero-order chi connectivity index (χ0) is 14.3. The monoisotopic (exact) mass is 283 g/mol. The summed E-state index contributed by atoms with van der Waals surface area (Å²) in [6.45, 7) is 7.58. The number of halogens is 1. The van der Waals surface area contributed by atoms with Crippen LogP contribution in [0, 0.1) is 5.92 Å². The quantitative estimate of drug-likeness (QED) is 0.750. The molecule has 2 nitrogen and oxygen atoms in total. The standard InChI is InChI=1S/C16H26ClNO/c1-12(2)6-5-7-13(3)18-11-14-10-15(17)8-9-16(14)19-4/h8-10,12-13,18H,5-7,11H2,1-4H3. The SMILES string of the molecule is COc1ccc(Cl)cc1CNC(C)CCCC(C)C. The van der Waals surface area contributed by atoms with E-state index in [1.54, 1.807) is 7.11 Å². The highest BCUT2D eigenvalue weighted by Crippen LogP contribution is 2.22. The first-order valence-corrected chi connectivity index (χ1v) is 7.46. The van der Waals surface area contributed by atoms with Crippen molar-refractivity contribution in [2.75, 3.05) is 7.11 Å². The van der Waals surface area contributed by atoms with Crippen molar-refractivity contribution >= 4 is 11.6 Å². The maximum Gasteiger partial charge on any atom is 0.123 e. The predicted octanol–water partition coefficient (Wildman–Crippen LogP) is 4.65. The van der Waals surface area contributed by atoms with Gasteiger partial charge >= 0.3 is 0 Å². The smallest absolute Gasteiger partial charge is 0.123 e. The van der Waals surface area contributed by atoms with Gasteiger partial charge in [-0.3, -0.25) is 0 Å². The Labute approximate surface area is 122 Å². The average Bonchev–Trinajstić information content (AvgIpc) is 2.36. The Hall–Kier alpha value is -0.730. The summed E-state index contributed by atoms with van der Waals surface area (Å²) in [5.41, 5.74) is 1.12. The first-order valence-electron chi connectivity index (χ1n) is 7.08. The van der Waals surface area contributed by atoms with E-state index in [4.69, 9.17) is 16.3 Å². The Balaban J connectivity index is 2.41. The van der Waals surface area contributed by atoms with Crippen LogP contribution < -0.4 is 10.1 Å². The van der Waals surface area contributed by atoms with Crippen molar-refractivity contribution in [3.63, 3.8) is 0 Å². The molecule has 1 atom stereocenters. The van der Waals surface area contributed by atoms with E-state index in [0.717, 1.165) is 28.8 Å². The van der Waals surface area contributed by atoms with Gasteiger partial charge in [-0.25, -0.2) is 0 Å². The molecule has 0 aliphatic carbocycles. The Morgan fingerprint density at radius 2 is 1.95 bits per heavy atom. The Morgan fingerprint density at radius 1 is 1.21 bits per heavy atom. The number of benzene rings is 1. The van der Waals surface area contributed by atoms with E-state index in [1.165, 1.54) is 19.3 Å². The van der Waals surface area contributed by atoms with Gasteiger partial charge in [-0.2, -0.15) is 0 Å². The van der Waals surface area contributed by atoms with Gasteiger partial charge < -0.3 is 10.1 Å². The molecule has 1 aromatic carbocycles. The van der Waals surface area contributed by atoms with Gasteiger partial charge in [0.05, 0.1) is 7.11 Å². The van der Waals surface area contributed by atoms with Crippen LogP contribution in [0.1, 0.15) is 45.6 Å². The zero-order valence-corrected chi connectivity index (χ0v) is 13.3. The molecule has 0 bridgehead atoms. The fraction of sp³-hybridized carbons (Fsp3) is 0.625. The van der Waals surface area contributed by atoms with Crippen molar-refractivity contribution < 1.29 is 4.74 Å². The van der Waals surface area contributed by atoms with Gasteiger partial charge in [-0.05, 0) is 37.5 Å². The number of hydrogen-bond donors (Lipinski definition) is 1. The van der Waals surface area contributed by atoms with Gasteiger partial charge in [0.2, 0.25) is 0 Å². The summed E-state index contributed by atoms with van der Waals surface area (Å²) in [7, 11) is 1.69. The summed E-state index contributed by atoms with van der Waals surface area (Å²) in [4.78, 5) is 0. The highest BCUT2D eigenvalue weighted by atomic mass is 35.5. The summed E-state index contributed by atoms with van der Waals surface area (Å²) >= 11 is 6.02. The van der Waals surface area contributed by atoms with Crippen molar-refractivity contribution in [3.05, 3.63) is 28.8 Å². The molecular weight excluding hydrogens is 258 g/mol. The molecule has 0 radical (unpaired) electrons. The van der Waals surface area contributed by atoms with E-state index in [1.807, 2.05) is 18.2 Å². The van der Waals surface area contributed by atoms with Gasteiger partial charge in [-0.15, -0.1) is 0 Å². The van der Waals surface area contributed by atoms with Crippen LogP contribution in [0.3, 0.4) is 0 Å². The zero-order valence-electron chi connectivity index (χ0n) is 12.5. The number of hydrogen-bond acceptors (Lipinski definition) is 2. The van der Waals surface area contributed by atoms with Gasteiger partial charge in [0, 0.05) is 23.2 Å². The second-order valence-corrected chi connectivity index (χ2v) is 6.00. The van der Waals surface area contributed by atoms with Crippen LogP contribution in [0.4, 0.5) is 0 Å². The molecule has 0 fully saturated rings. The van der Waals surface area contributed by atoms with Crippen molar-refractivity contribution in [2.45, 2.75) is 52.6 Å². The molecule has 19 heavy (non-hydrogen) atoms.